The smallest absolute Gasteiger partial charge is 0.258 e. The van der Waals surface area contributed by atoms with Crippen LogP contribution in [-0.4, -0.2) is 68.9 Å². The summed E-state index contributed by atoms with van der Waals surface area (Å²) in [5.41, 5.74) is 1.63. The largest absolute Gasteiger partial charge is 0.497 e. The van der Waals surface area contributed by atoms with Gasteiger partial charge in [-0.1, -0.05) is 6.07 Å². The fourth-order valence-electron chi connectivity index (χ4n) is 3.93. The van der Waals surface area contributed by atoms with E-state index in [4.69, 9.17) is 14.2 Å². The second kappa shape index (κ2) is 9.26. The maximum absolute atomic E-state index is 12.5. The molecule has 4 rings (SSSR count). The number of nitrogens with zero attached hydrogens (tertiary/aromatic N) is 3. The lowest BCUT2D eigenvalue weighted by Crippen LogP contribution is -2.47. The summed E-state index contributed by atoms with van der Waals surface area (Å²) in [6.45, 7) is 4.66. The van der Waals surface area contributed by atoms with Crippen molar-refractivity contribution in [3.8, 4) is 17.2 Å². The zero-order valence-electron chi connectivity index (χ0n) is 18.2. The Labute approximate surface area is 181 Å². The first kappa shape index (κ1) is 21.0. The number of rotatable bonds is 7. The topological polar surface area (TPSA) is 79.9 Å². The normalized spacial score (nSPS) is 14.6. The van der Waals surface area contributed by atoms with E-state index in [-0.39, 0.29) is 5.56 Å². The van der Waals surface area contributed by atoms with Crippen LogP contribution < -0.4 is 24.7 Å². The van der Waals surface area contributed by atoms with Gasteiger partial charge in [-0.05, 0) is 18.2 Å². The monoisotopic (exact) mass is 424 g/mol. The Balaban J connectivity index is 1.40. The molecule has 0 unspecified atom stereocenters. The van der Waals surface area contributed by atoms with Crippen molar-refractivity contribution in [2.45, 2.75) is 6.42 Å². The molecule has 1 aliphatic heterocycles. The van der Waals surface area contributed by atoms with Gasteiger partial charge in [-0.25, -0.2) is 4.98 Å². The summed E-state index contributed by atoms with van der Waals surface area (Å²) in [4.78, 5) is 24.9. The molecule has 2 aromatic carbocycles. The molecule has 8 nitrogen and oxygen atoms in total. The van der Waals surface area contributed by atoms with Crippen LogP contribution in [-0.2, 0) is 6.42 Å². The zero-order chi connectivity index (χ0) is 21.8. The maximum atomic E-state index is 12.5. The molecule has 0 saturated carbocycles. The first-order valence-corrected chi connectivity index (χ1v) is 10.4. The molecule has 0 spiro atoms. The molecule has 0 atom stereocenters. The Kier molecular flexibility index (Phi) is 6.27. The van der Waals surface area contributed by atoms with Crippen molar-refractivity contribution >= 4 is 16.6 Å². The lowest BCUT2D eigenvalue weighted by atomic mass is 10.2. The summed E-state index contributed by atoms with van der Waals surface area (Å²) in [7, 11) is 4.81. The van der Waals surface area contributed by atoms with E-state index in [9.17, 15) is 4.79 Å². The molecule has 0 aliphatic carbocycles. The molecule has 1 saturated heterocycles. The maximum Gasteiger partial charge on any atom is 0.258 e. The van der Waals surface area contributed by atoms with Crippen molar-refractivity contribution in [3.05, 3.63) is 52.6 Å². The summed E-state index contributed by atoms with van der Waals surface area (Å²) in [6.07, 6.45) is 0.679. The zero-order valence-corrected chi connectivity index (χ0v) is 18.2. The molecular formula is C23H28N4O4. The lowest BCUT2D eigenvalue weighted by molar-refractivity contribution is 0.259. The van der Waals surface area contributed by atoms with Crippen LogP contribution in [0.4, 0.5) is 5.69 Å². The molecule has 3 aromatic rings. The van der Waals surface area contributed by atoms with Gasteiger partial charge in [0.1, 0.15) is 11.6 Å². The molecule has 0 amide bonds. The molecule has 2 heterocycles. The Morgan fingerprint density at radius 1 is 0.968 bits per heavy atom. The average molecular weight is 425 g/mol. The van der Waals surface area contributed by atoms with Gasteiger partial charge in [-0.3, -0.25) is 9.69 Å². The van der Waals surface area contributed by atoms with Gasteiger partial charge in [0, 0.05) is 57.0 Å². The van der Waals surface area contributed by atoms with Crippen molar-refractivity contribution in [2.75, 3.05) is 59.0 Å². The number of fused-ring (bicyclic) bond motifs is 1. The highest BCUT2D eigenvalue weighted by Crippen LogP contribution is 2.30. The number of hydrogen-bond acceptors (Lipinski definition) is 7. The highest BCUT2D eigenvalue weighted by atomic mass is 16.5. The van der Waals surface area contributed by atoms with E-state index in [2.05, 4.69) is 31.9 Å². The predicted molar refractivity (Wildman–Crippen MR) is 121 cm³/mol. The highest BCUT2D eigenvalue weighted by molar-refractivity contribution is 5.81. The predicted octanol–water partition coefficient (Wildman–Crippen LogP) is 2.31. The summed E-state index contributed by atoms with van der Waals surface area (Å²) in [5.74, 6) is 2.64. The highest BCUT2D eigenvalue weighted by Gasteiger charge is 2.18. The van der Waals surface area contributed by atoms with Crippen molar-refractivity contribution in [1.82, 2.24) is 14.9 Å². The van der Waals surface area contributed by atoms with Gasteiger partial charge in [0.05, 0.1) is 32.2 Å². The minimum atomic E-state index is -0.163. The minimum absolute atomic E-state index is 0.163. The Morgan fingerprint density at radius 2 is 1.71 bits per heavy atom. The van der Waals surface area contributed by atoms with Crippen LogP contribution in [0.3, 0.4) is 0 Å². The van der Waals surface area contributed by atoms with E-state index in [0.717, 1.165) is 38.5 Å². The molecule has 164 valence electrons. The van der Waals surface area contributed by atoms with Crippen molar-refractivity contribution < 1.29 is 14.2 Å². The summed E-state index contributed by atoms with van der Waals surface area (Å²) in [5, 5.41) is 0.494. The van der Waals surface area contributed by atoms with E-state index in [1.807, 2.05) is 12.1 Å². The van der Waals surface area contributed by atoms with Gasteiger partial charge >= 0.3 is 0 Å². The number of nitrogens with one attached hydrogen (secondary N) is 1. The number of methoxy groups -OCH3 is 3. The molecule has 1 aromatic heterocycles. The third-order valence-electron chi connectivity index (χ3n) is 5.72. The van der Waals surface area contributed by atoms with Crippen LogP contribution in [0.2, 0.25) is 0 Å². The molecule has 31 heavy (non-hydrogen) atoms. The van der Waals surface area contributed by atoms with E-state index in [1.54, 1.807) is 33.5 Å². The number of aromatic amines is 1. The van der Waals surface area contributed by atoms with Crippen LogP contribution in [0.1, 0.15) is 5.82 Å². The number of piperazine rings is 1. The van der Waals surface area contributed by atoms with E-state index >= 15 is 0 Å². The van der Waals surface area contributed by atoms with Gasteiger partial charge < -0.3 is 24.1 Å². The van der Waals surface area contributed by atoms with E-state index < -0.39 is 0 Å². The van der Waals surface area contributed by atoms with Gasteiger partial charge in [0.15, 0.2) is 11.5 Å². The van der Waals surface area contributed by atoms with E-state index in [0.29, 0.717) is 34.6 Å². The number of hydrogen-bond donors (Lipinski definition) is 1. The first-order valence-electron chi connectivity index (χ1n) is 10.4. The molecular weight excluding hydrogens is 396 g/mol. The Bertz CT molecular complexity index is 1110. The van der Waals surface area contributed by atoms with Gasteiger partial charge in [-0.2, -0.15) is 0 Å². The summed E-state index contributed by atoms with van der Waals surface area (Å²) in [6, 6.07) is 11.6. The third kappa shape index (κ3) is 4.59. The lowest BCUT2D eigenvalue weighted by Gasteiger charge is -2.36. The van der Waals surface area contributed by atoms with Gasteiger partial charge in [0.25, 0.3) is 5.56 Å². The van der Waals surface area contributed by atoms with Gasteiger partial charge in [-0.15, -0.1) is 0 Å². The Morgan fingerprint density at radius 3 is 2.42 bits per heavy atom. The quantitative estimate of drug-likeness (QED) is 0.623. The van der Waals surface area contributed by atoms with Crippen LogP contribution in [0.5, 0.6) is 17.2 Å². The molecule has 8 heteroatoms. The summed E-state index contributed by atoms with van der Waals surface area (Å²) < 4.78 is 16.0. The van der Waals surface area contributed by atoms with E-state index in [1.165, 1.54) is 5.69 Å². The SMILES string of the molecule is COc1cccc(N2CCN(CCc3nc4cc(OC)c(OC)cc4c(=O)[nH]3)CC2)c1. The van der Waals surface area contributed by atoms with Crippen LogP contribution >= 0.6 is 0 Å². The number of anilines is 1. The van der Waals surface area contributed by atoms with Crippen LogP contribution in [0.15, 0.2) is 41.2 Å². The van der Waals surface area contributed by atoms with Gasteiger partial charge in [0.2, 0.25) is 0 Å². The van der Waals surface area contributed by atoms with Crippen molar-refractivity contribution in [2.24, 2.45) is 0 Å². The number of H-pyrrole nitrogens is 1. The van der Waals surface area contributed by atoms with Crippen LogP contribution in [0, 0.1) is 0 Å². The fourth-order valence-corrected chi connectivity index (χ4v) is 3.93. The number of ether oxygens (including phenoxy) is 3. The van der Waals surface area contributed by atoms with Crippen LogP contribution in [0.25, 0.3) is 10.9 Å². The second-order valence-corrected chi connectivity index (χ2v) is 7.52. The molecule has 1 N–H and O–H groups in total. The van der Waals surface area contributed by atoms with Crippen molar-refractivity contribution in [1.29, 1.82) is 0 Å². The second-order valence-electron chi connectivity index (χ2n) is 7.52. The van der Waals surface area contributed by atoms with Crippen molar-refractivity contribution in [3.63, 3.8) is 0 Å². The average Bonchev–Trinajstić information content (AvgIpc) is 2.82. The standard InChI is InChI=1S/C23H28N4O4/c1-29-17-6-4-5-16(13-17)27-11-9-26(10-12-27)8-7-22-24-19-15-21(31-3)20(30-2)14-18(19)23(28)25-22/h4-6,13-15H,7-12H2,1-3H3,(H,24,25,28). The number of aromatic nitrogens is 2. The summed E-state index contributed by atoms with van der Waals surface area (Å²) >= 11 is 0. The fraction of sp³-hybridized carbons (Fsp3) is 0.391. The number of benzene rings is 2. The first-order chi connectivity index (χ1) is 15.1. The third-order valence-corrected chi connectivity index (χ3v) is 5.72. The minimum Gasteiger partial charge on any atom is -0.497 e. The molecule has 0 bridgehead atoms. The molecule has 0 radical (unpaired) electrons. The Hall–Kier alpha value is -3.26. The molecule has 1 fully saturated rings. The molecule has 1 aliphatic rings.